The lowest BCUT2D eigenvalue weighted by Gasteiger charge is -2.04. The van der Waals surface area contributed by atoms with E-state index in [9.17, 15) is 8.42 Å². The van der Waals surface area contributed by atoms with Crippen molar-refractivity contribution in [1.29, 1.82) is 0 Å². The monoisotopic (exact) mass is 374 g/mol. The zero-order valence-electron chi connectivity index (χ0n) is 13.1. The van der Waals surface area contributed by atoms with Gasteiger partial charge in [0.05, 0.1) is 23.3 Å². The van der Waals surface area contributed by atoms with Gasteiger partial charge in [-0.25, -0.2) is 13.1 Å². The van der Waals surface area contributed by atoms with Gasteiger partial charge in [0.25, 0.3) is 0 Å². The maximum atomic E-state index is 12.2. The Morgan fingerprint density at radius 2 is 1.84 bits per heavy atom. The van der Waals surface area contributed by atoms with Crippen LogP contribution in [0.25, 0.3) is 0 Å². The molecule has 3 aromatic rings. The van der Waals surface area contributed by atoms with Gasteiger partial charge in [-0.3, -0.25) is 4.99 Å². The zero-order valence-corrected chi connectivity index (χ0v) is 14.7. The normalized spacial score (nSPS) is 11.9. The molecule has 1 heterocycles. The Bertz CT molecular complexity index is 982. The average Bonchev–Trinajstić information content (AvgIpc) is 3.07. The van der Waals surface area contributed by atoms with Crippen molar-refractivity contribution >= 4 is 33.5 Å². The van der Waals surface area contributed by atoms with Gasteiger partial charge in [-0.15, -0.1) is 0 Å². The Morgan fingerprint density at radius 3 is 2.60 bits per heavy atom. The molecule has 0 saturated carbocycles. The molecular formula is C18H15ClN2O3S. The fourth-order valence-electron chi connectivity index (χ4n) is 2.10. The van der Waals surface area contributed by atoms with E-state index in [2.05, 4.69) is 9.71 Å². The van der Waals surface area contributed by atoms with Gasteiger partial charge < -0.3 is 4.42 Å². The highest BCUT2D eigenvalue weighted by Gasteiger charge is 2.13. The highest BCUT2D eigenvalue weighted by Crippen LogP contribution is 2.18. The number of hydrogen-bond acceptors (Lipinski definition) is 4. The number of hydrogen-bond donors (Lipinski definition) is 1. The Morgan fingerprint density at radius 1 is 1.04 bits per heavy atom. The molecule has 0 unspecified atom stereocenters. The Labute approximate surface area is 151 Å². The summed E-state index contributed by atoms with van der Waals surface area (Å²) in [7, 11) is -3.57. The number of aliphatic imine (C=N–C) groups is 1. The smallest absolute Gasteiger partial charge is 0.240 e. The number of nitrogens with one attached hydrogen (secondary N) is 1. The summed E-state index contributed by atoms with van der Waals surface area (Å²) >= 11 is 5.90. The molecule has 5 nitrogen and oxygen atoms in total. The summed E-state index contributed by atoms with van der Waals surface area (Å²) in [5.41, 5.74) is 0.704. The van der Waals surface area contributed by atoms with Crippen LogP contribution in [0.15, 0.2) is 81.0 Å². The molecule has 1 N–H and O–H groups in total. The number of benzene rings is 2. The van der Waals surface area contributed by atoms with Crippen molar-refractivity contribution < 1.29 is 12.8 Å². The van der Waals surface area contributed by atoms with Crippen molar-refractivity contribution in [1.82, 2.24) is 4.72 Å². The fourth-order valence-corrected chi connectivity index (χ4v) is 3.30. The fraction of sp³-hybridized carbons (Fsp3) is 0.0556. The van der Waals surface area contributed by atoms with Crippen LogP contribution in [0.5, 0.6) is 0 Å². The van der Waals surface area contributed by atoms with E-state index in [1.165, 1.54) is 12.1 Å². The molecule has 0 aliphatic heterocycles. The van der Waals surface area contributed by atoms with Gasteiger partial charge >= 0.3 is 0 Å². The van der Waals surface area contributed by atoms with Gasteiger partial charge in [-0.2, -0.15) is 0 Å². The van der Waals surface area contributed by atoms with Crippen molar-refractivity contribution in [3.8, 4) is 0 Å². The topological polar surface area (TPSA) is 71.7 Å². The van der Waals surface area contributed by atoms with E-state index in [1.54, 1.807) is 54.7 Å². The first-order chi connectivity index (χ1) is 12.0. The lowest BCUT2D eigenvalue weighted by molar-refractivity contribution is 0.494. The Hall–Kier alpha value is -2.41. The van der Waals surface area contributed by atoms with Crippen LogP contribution in [0, 0.1) is 0 Å². The largest absolute Gasteiger partial charge is 0.459 e. The second kappa shape index (κ2) is 7.65. The number of halogens is 1. The number of rotatable bonds is 6. The molecule has 2 aromatic carbocycles. The van der Waals surface area contributed by atoms with Crippen LogP contribution in [0.1, 0.15) is 11.5 Å². The van der Waals surface area contributed by atoms with Crippen LogP contribution >= 0.6 is 11.6 Å². The Balaban J connectivity index is 1.64. The van der Waals surface area contributed by atoms with Crippen molar-refractivity contribution in [2.45, 2.75) is 11.4 Å². The molecule has 0 saturated heterocycles. The minimum atomic E-state index is -3.57. The quantitative estimate of drug-likeness (QED) is 0.658. The first-order valence-electron chi connectivity index (χ1n) is 7.46. The molecule has 0 aliphatic rings. The van der Waals surface area contributed by atoms with Gasteiger partial charge in [-0.1, -0.05) is 35.9 Å². The second-order valence-electron chi connectivity index (χ2n) is 5.18. The van der Waals surface area contributed by atoms with Crippen molar-refractivity contribution in [2.75, 3.05) is 0 Å². The van der Waals surface area contributed by atoms with Gasteiger partial charge in [0, 0.05) is 5.02 Å². The average molecular weight is 375 g/mol. The second-order valence-corrected chi connectivity index (χ2v) is 7.38. The zero-order chi connectivity index (χ0) is 17.7. The van der Waals surface area contributed by atoms with Crippen molar-refractivity contribution in [3.63, 3.8) is 0 Å². The first-order valence-corrected chi connectivity index (χ1v) is 9.32. The van der Waals surface area contributed by atoms with Gasteiger partial charge in [-0.05, 0) is 42.5 Å². The molecule has 128 valence electrons. The van der Waals surface area contributed by atoms with E-state index in [0.29, 0.717) is 22.2 Å². The molecule has 7 heteroatoms. The molecule has 0 amide bonds. The minimum absolute atomic E-state index is 0.0578. The van der Waals surface area contributed by atoms with E-state index in [4.69, 9.17) is 16.0 Å². The summed E-state index contributed by atoms with van der Waals surface area (Å²) in [6.07, 6.45) is 1.56. The SMILES string of the molecule is O=S(=O)(NCc1ccc(C=Nc2cccc(Cl)c2)o1)c1ccccc1. The van der Waals surface area contributed by atoms with Gasteiger partial charge in [0.2, 0.25) is 10.0 Å². The van der Waals surface area contributed by atoms with Crippen LogP contribution in [-0.4, -0.2) is 14.6 Å². The number of sulfonamides is 1. The van der Waals surface area contributed by atoms with Crippen LogP contribution in [0.2, 0.25) is 5.02 Å². The van der Waals surface area contributed by atoms with E-state index in [-0.39, 0.29) is 11.4 Å². The summed E-state index contributed by atoms with van der Waals surface area (Å²) in [6.45, 7) is 0.0578. The summed E-state index contributed by atoms with van der Waals surface area (Å²) in [6, 6.07) is 18.7. The molecule has 25 heavy (non-hydrogen) atoms. The lowest BCUT2D eigenvalue weighted by Crippen LogP contribution is -2.22. The summed E-state index contributed by atoms with van der Waals surface area (Å²) in [5, 5.41) is 0.602. The van der Waals surface area contributed by atoms with E-state index >= 15 is 0 Å². The van der Waals surface area contributed by atoms with Gasteiger partial charge in [0.15, 0.2) is 0 Å². The maximum absolute atomic E-state index is 12.2. The van der Waals surface area contributed by atoms with E-state index in [1.807, 2.05) is 6.07 Å². The molecule has 0 aliphatic carbocycles. The Kier molecular flexibility index (Phi) is 5.33. The summed E-state index contributed by atoms with van der Waals surface area (Å²) in [4.78, 5) is 4.48. The van der Waals surface area contributed by atoms with Crippen molar-refractivity contribution in [2.24, 2.45) is 4.99 Å². The predicted octanol–water partition coefficient (Wildman–Crippen LogP) is 4.16. The standard InChI is InChI=1S/C18H15ClN2O3S/c19-14-5-4-6-15(11-14)20-12-16-9-10-17(24-16)13-21-25(22,23)18-7-2-1-3-8-18/h1-12,21H,13H2. The maximum Gasteiger partial charge on any atom is 0.240 e. The molecule has 0 radical (unpaired) electrons. The summed E-state index contributed by atoms with van der Waals surface area (Å²) < 4.78 is 32.4. The number of nitrogens with zero attached hydrogens (tertiary/aromatic N) is 1. The highest BCUT2D eigenvalue weighted by molar-refractivity contribution is 7.89. The van der Waals surface area contributed by atoms with Crippen LogP contribution in [-0.2, 0) is 16.6 Å². The minimum Gasteiger partial charge on any atom is -0.459 e. The van der Waals surface area contributed by atoms with Crippen molar-refractivity contribution in [3.05, 3.63) is 83.3 Å². The molecule has 0 fully saturated rings. The van der Waals surface area contributed by atoms with E-state index in [0.717, 1.165) is 0 Å². The number of furan rings is 1. The highest BCUT2D eigenvalue weighted by atomic mass is 35.5. The third-order valence-corrected chi connectivity index (χ3v) is 4.97. The molecule has 0 atom stereocenters. The van der Waals surface area contributed by atoms with Crippen LogP contribution in [0.3, 0.4) is 0 Å². The molecule has 3 rings (SSSR count). The summed E-state index contributed by atoms with van der Waals surface area (Å²) in [5.74, 6) is 1.01. The van der Waals surface area contributed by atoms with Crippen LogP contribution < -0.4 is 4.72 Å². The molecule has 1 aromatic heterocycles. The van der Waals surface area contributed by atoms with E-state index < -0.39 is 10.0 Å². The lowest BCUT2D eigenvalue weighted by atomic mass is 10.3. The third-order valence-electron chi connectivity index (χ3n) is 3.32. The first kappa shape index (κ1) is 17.4. The molecular weight excluding hydrogens is 360 g/mol. The third kappa shape index (κ3) is 4.79. The van der Waals surface area contributed by atoms with Crippen LogP contribution in [0.4, 0.5) is 5.69 Å². The predicted molar refractivity (Wildman–Crippen MR) is 97.9 cm³/mol. The van der Waals surface area contributed by atoms with Gasteiger partial charge in [0.1, 0.15) is 11.5 Å². The molecule has 0 bridgehead atoms. The molecule has 0 spiro atoms.